The summed E-state index contributed by atoms with van der Waals surface area (Å²) in [6.45, 7) is 7.62. The number of nitrogen functional groups attached to an aromatic ring is 1. The van der Waals surface area contributed by atoms with Crippen LogP contribution >= 0.6 is 0 Å². The Kier molecular flexibility index (Phi) is 4.13. The fourth-order valence-corrected chi connectivity index (χ4v) is 2.40. The Bertz CT molecular complexity index is 461. The molecular formula is C16H25N3. The van der Waals surface area contributed by atoms with Crippen molar-refractivity contribution in [3.05, 3.63) is 29.3 Å². The number of anilines is 1. The van der Waals surface area contributed by atoms with Crippen molar-refractivity contribution in [3.63, 3.8) is 0 Å². The molecule has 2 rings (SSSR count). The lowest BCUT2D eigenvalue weighted by Crippen LogP contribution is -2.30. The Morgan fingerprint density at radius 1 is 1.42 bits per heavy atom. The van der Waals surface area contributed by atoms with Crippen LogP contribution in [-0.2, 0) is 0 Å². The third-order valence-electron chi connectivity index (χ3n) is 3.69. The smallest absolute Gasteiger partial charge is 0.124 e. The van der Waals surface area contributed by atoms with Gasteiger partial charge in [-0.2, -0.15) is 0 Å². The minimum absolute atomic E-state index is 0.175. The van der Waals surface area contributed by atoms with Crippen molar-refractivity contribution < 1.29 is 0 Å². The largest absolute Gasteiger partial charge is 0.384 e. The maximum absolute atomic E-state index is 7.80. The third kappa shape index (κ3) is 3.49. The molecule has 1 saturated carbocycles. The molecule has 0 amide bonds. The molecular weight excluding hydrogens is 234 g/mol. The molecule has 0 heterocycles. The average Bonchev–Trinajstić information content (AvgIpc) is 3.14. The Labute approximate surface area is 116 Å². The van der Waals surface area contributed by atoms with Crippen molar-refractivity contribution in [1.29, 1.82) is 5.41 Å². The van der Waals surface area contributed by atoms with Crippen LogP contribution in [0.4, 0.5) is 5.69 Å². The lowest BCUT2D eigenvalue weighted by Gasteiger charge is -2.28. The van der Waals surface area contributed by atoms with Crippen LogP contribution in [0.2, 0.25) is 0 Å². The molecule has 104 valence electrons. The molecule has 1 fully saturated rings. The molecule has 3 N–H and O–H groups in total. The zero-order chi connectivity index (χ0) is 14.0. The standard InChI is InChI=1S/C16H25N3/c1-11(2)8-9-19(13-5-6-13)15-7-4-12(3)10-14(15)16(17)18/h4,7,10-11,13H,5-6,8-9H2,1-3H3,(H3,17,18). The summed E-state index contributed by atoms with van der Waals surface area (Å²) in [6, 6.07) is 6.93. The van der Waals surface area contributed by atoms with Gasteiger partial charge in [0.05, 0.1) is 0 Å². The van der Waals surface area contributed by atoms with Crippen LogP contribution in [-0.4, -0.2) is 18.4 Å². The summed E-state index contributed by atoms with van der Waals surface area (Å²) in [5.41, 5.74) is 8.94. The van der Waals surface area contributed by atoms with Crippen LogP contribution in [0.3, 0.4) is 0 Å². The number of nitrogens with two attached hydrogens (primary N) is 1. The van der Waals surface area contributed by atoms with Crippen LogP contribution < -0.4 is 10.6 Å². The number of rotatable bonds is 6. The summed E-state index contributed by atoms with van der Waals surface area (Å²) in [5.74, 6) is 0.876. The summed E-state index contributed by atoms with van der Waals surface area (Å²) < 4.78 is 0. The summed E-state index contributed by atoms with van der Waals surface area (Å²) in [5, 5.41) is 7.80. The predicted molar refractivity (Wildman–Crippen MR) is 82.0 cm³/mol. The van der Waals surface area contributed by atoms with Gasteiger partial charge in [-0.25, -0.2) is 0 Å². The van der Waals surface area contributed by atoms with Crippen molar-refractivity contribution in [2.75, 3.05) is 11.4 Å². The molecule has 1 aliphatic rings. The number of hydrogen-bond donors (Lipinski definition) is 2. The Morgan fingerprint density at radius 2 is 2.11 bits per heavy atom. The highest BCUT2D eigenvalue weighted by Crippen LogP contribution is 2.34. The molecule has 0 radical (unpaired) electrons. The summed E-state index contributed by atoms with van der Waals surface area (Å²) >= 11 is 0. The molecule has 1 aromatic rings. The summed E-state index contributed by atoms with van der Waals surface area (Å²) in [6.07, 6.45) is 3.72. The van der Waals surface area contributed by atoms with Gasteiger partial charge < -0.3 is 10.6 Å². The normalized spacial score (nSPS) is 14.7. The first-order valence-electron chi connectivity index (χ1n) is 7.20. The number of hydrogen-bond acceptors (Lipinski definition) is 2. The van der Waals surface area contributed by atoms with Crippen molar-refractivity contribution in [3.8, 4) is 0 Å². The number of benzene rings is 1. The highest BCUT2D eigenvalue weighted by Gasteiger charge is 2.30. The van der Waals surface area contributed by atoms with Gasteiger partial charge in [0.25, 0.3) is 0 Å². The third-order valence-corrected chi connectivity index (χ3v) is 3.69. The van der Waals surface area contributed by atoms with E-state index in [0.29, 0.717) is 12.0 Å². The first-order valence-corrected chi connectivity index (χ1v) is 7.20. The molecule has 0 saturated heterocycles. The van der Waals surface area contributed by atoms with Crippen LogP contribution in [0.15, 0.2) is 18.2 Å². The van der Waals surface area contributed by atoms with E-state index in [1.165, 1.54) is 19.3 Å². The van der Waals surface area contributed by atoms with E-state index < -0.39 is 0 Å². The maximum Gasteiger partial charge on any atom is 0.124 e. The van der Waals surface area contributed by atoms with Gasteiger partial charge in [-0.1, -0.05) is 25.5 Å². The zero-order valence-corrected chi connectivity index (χ0v) is 12.2. The fourth-order valence-electron chi connectivity index (χ4n) is 2.40. The van der Waals surface area contributed by atoms with E-state index in [9.17, 15) is 0 Å². The van der Waals surface area contributed by atoms with Gasteiger partial charge >= 0.3 is 0 Å². The molecule has 0 spiro atoms. The van der Waals surface area contributed by atoms with Crippen LogP contribution in [0.1, 0.15) is 44.2 Å². The van der Waals surface area contributed by atoms with Gasteiger partial charge in [0.2, 0.25) is 0 Å². The summed E-state index contributed by atoms with van der Waals surface area (Å²) in [4.78, 5) is 2.45. The number of aryl methyl sites for hydroxylation is 1. The molecule has 19 heavy (non-hydrogen) atoms. The van der Waals surface area contributed by atoms with E-state index in [2.05, 4.69) is 30.9 Å². The van der Waals surface area contributed by atoms with Gasteiger partial charge in [-0.05, 0) is 44.2 Å². The van der Waals surface area contributed by atoms with E-state index in [1.807, 2.05) is 13.0 Å². The molecule has 0 atom stereocenters. The molecule has 3 heteroatoms. The Hall–Kier alpha value is -1.51. The first kappa shape index (κ1) is 13.9. The van der Waals surface area contributed by atoms with E-state index in [-0.39, 0.29) is 5.84 Å². The monoisotopic (exact) mass is 259 g/mol. The van der Waals surface area contributed by atoms with E-state index in [1.54, 1.807) is 0 Å². The second kappa shape index (κ2) is 5.64. The highest BCUT2D eigenvalue weighted by molar-refractivity contribution is 6.00. The van der Waals surface area contributed by atoms with Crippen LogP contribution in [0.25, 0.3) is 0 Å². The van der Waals surface area contributed by atoms with Crippen molar-refractivity contribution >= 4 is 11.5 Å². The SMILES string of the molecule is Cc1ccc(N(CCC(C)C)C2CC2)c(C(=N)N)c1. The molecule has 3 nitrogen and oxygen atoms in total. The minimum atomic E-state index is 0.175. The highest BCUT2D eigenvalue weighted by atomic mass is 15.2. The van der Waals surface area contributed by atoms with Gasteiger partial charge in [-0.3, -0.25) is 5.41 Å². The van der Waals surface area contributed by atoms with Crippen molar-refractivity contribution in [2.45, 2.75) is 46.1 Å². The molecule has 0 unspecified atom stereocenters. The van der Waals surface area contributed by atoms with Crippen molar-refractivity contribution in [1.82, 2.24) is 0 Å². The Balaban J connectivity index is 2.28. The topological polar surface area (TPSA) is 53.1 Å². The fraction of sp³-hybridized carbons (Fsp3) is 0.562. The molecule has 0 bridgehead atoms. The second-order valence-electron chi connectivity index (χ2n) is 6.04. The number of nitrogens with one attached hydrogen (secondary N) is 1. The zero-order valence-electron chi connectivity index (χ0n) is 12.2. The lowest BCUT2D eigenvalue weighted by atomic mass is 10.1. The van der Waals surface area contributed by atoms with Gasteiger partial charge in [0.15, 0.2) is 0 Å². The van der Waals surface area contributed by atoms with Crippen LogP contribution in [0, 0.1) is 18.3 Å². The predicted octanol–water partition coefficient (Wildman–Crippen LogP) is 3.29. The van der Waals surface area contributed by atoms with Crippen molar-refractivity contribution in [2.24, 2.45) is 11.7 Å². The van der Waals surface area contributed by atoms with Gasteiger partial charge in [0, 0.05) is 23.8 Å². The van der Waals surface area contributed by atoms with Crippen LogP contribution in [0.5, 0.6) is 0 Å². The van der Waals surface area contributed by atoms with E-state index in [4.69, 9.17) is 11.1 Å². The second-order valence-corrected chi connectivity index (χ2v) is 6.04. The Morgan fingerprint density at radius 3 is 2.63 bits per heavy atom. The molecule has 0 aromatic heterocycles. The molecule has 0 aliphatic heterocycles. The number of nitrogens with zero attached hydrogens (tertiary/aromatic N) is 1. The first-order chi connectivity index (χ1) is 8.99. The average molecular weight is 259 g/mol. The summed E-state index contributed by atoms with van der Waals surface area (Å²) in [7, 11) is 0. The number of amidine groups is 1. The quantitative estimate of drug-likeness (QED) is 0.608. The van der Waals surface area contributed by atoms with Gasteiger partial charge in [-0.15, -0.1) is 0 Å². The lowest BCUT2D eigenvalue weighted by molar-refractivity contribution is 0.570. The van der Waals surface area contributed by atoms with E-state index >= 15 is 0 Å². The molecule has 1 aliphatic carbocycles. The van der Waals surface area contributed by atoms with Gasteiger partial charge in [0.1, 0.15) is 5.84 Å². The minimum Gasteiger partial charge on any atom is -0.384 e. The van der Waals surface area contributed by atoms with E-state index in [0.717, 1.165) is 23.4 Å². The molecule has 1 aromatic carbocycles. The maximum atomic E-state index is 7.80.